The van der Waals surface area contributed by atoms with Crippen molar-refractivity contribution in [1.29, 1.82) is 0 Å². The molecule has 2 rings (SSSR count). The normalized spacial score (nSPS) is 10.2. The van der Waals surface area contributed by atoms with E-state index in [9.17, 15) is 0 Å². The highest BCUT2D eigenvalue weighted by Crippen LogP contribution is 2.29. The third-order valence-electron chi connectivity index (χ3n) is 2.62. The van der Waals surface area contributed by atoms with Crippen LogP contribution in [0.1, 0.15) is 12.7 Å². The topological polar surface area (TPSA) is 59.1 Å². The quantitative estimate of drug-likeness (QED) is 0.871. The number of ether oxygens (including phenoxy) is 1. The summed E-state index contributed by atoms with van der Waals surface area (Å²) in [7, 11) is 1.64. The van der Waals surface area contributed by atoms with E-state index in [2.05, 4.69) is 36.5 Å². The van der Waals surface area contributed by atoms with Crippen LogP contribution in [-0.4, -0.2) is 23.6 Å². The fourth-order valence-electron chi connectivity index (χ4n) is 1.80. The molecule has 2 N–H and O–H groups in total. The number of halogens is 1. The van der Waals surface area contributed by atoms with Gasteiger partial charge in [0.05, 0.1) is 11.6 Å². The predicted molar refractivity (Wildman–Crippen MR) is 84.9 cm³/mol. The first kappa shape index (κ1) is 14.6. The second kappa shape index (κ2) is 6.56. The lowest BCUT2D eigenvalue weighted by atomic mass is 10.3. The van der Waals surface area contributed by atoms with Crippen LogP contribution >= 0.6 is 15.9 Å². The number of benzene rings is 1. The molecule has 0 spiro atoms. The number of aryl methyl sites for hydroxylation is 1. The zero-order chi connectivity index (χ0) is 14.5. The second-order valence-electron chi connectivity index (χ2n) is 4.19. The van der Waals surface area contributed by atoms with Crippen molar-refractivity contribution < 1.29 is 4.74 Å². The van der Waals surface area contributed by atoms with Gasteiger partial charge in [-0.2, -0.15) is 0 Å². The van der Waals surface area contributed by atoms with Gasteiger partial charge in [-0.25, -0.2) is 9.97 Å². The molecule has 0 radical (unpaired) electrons. The molecule has 0 aliphatic rings. The molecule has 106 valence electrons. The highest BCUT2D eigenvalue weighted by atomic mass is 79.9. The highest BCUT2D eigenvalue weighted by Gasteiger charge is 2.04. The largest absolute Gasteiger partial charge is 0.496 e. The maximum atomic E-state index is 5.21. The van der Waals surface area contributed by atoms with E-state index in [1.54, 1.807) is 7.11 Å². The van der Waals surface area contributed by atoms with E-state index >= 15 is 0 Å². The molecule has 5 nitrogen and oxygen atoms in total. The molecule has 0 fully saturated rings. The van der Waals surface area contributed by atoms with Crippen molar-refractivity contribution in [3.05, 3.63) is 34.6 Å². The number of nitrogens with zero attached hydrogens (tertiary/aromatic N) is 2. The molecule has 1 aromatic heterocycles. The van der Waals surface area contributed by atoms with E-state index in [0.29, 0.717) is 0 Å². The molecule has 0 aliphatic carbocycles. The molecule has 1 heterocycles. The Morgan fingerprint density at radius 1 is 1.20 bits per heavy atom. The zero-order valence-electron chi connectivity index (χ0n) is 11.7. The van der Waals surface area contributed by atoms with E-state index < -0.39 is 0 Å². The maximum Gasteiger partial charge on any atom is 0.136 e. The molecule has 0 atom stereocenters. The van der Waals surface area contributed by atoms with Crippen LogP contribution in [0.2, 0.25) is 0 Å². The number of hydrogen-bond acceptors (Lipinski definition) is 5. The summed E-state index contributed by atoms with van der Waals surface area (Å²) in [5.74, 6) is 3.09. The Balaban J connectivity index is 2.23. The molecular formula is C14H17BrN4O. The number of nitrogens with one attached hydrogen (secondary N) is 2. The van der Waals surface area contributed by atoms with Gasteiger partial charge in [0, 0.05) is 18.3 Å². The Morgan fingerprint density at radius 3 is 2.60 bits per heavy atom. The fourth-order valence-corrected chi connectivity index (χ4v) is 2.34. The molecule has 20 heavy (non-hydrogen) atoms. The van der Waals surface area contributed by atoms with Gasteiger partial charge >= 0.3 is 0 Å². The van der Waals surface area contributed by atoms with Gasteiger partial charge in [0.15, 0.2) is 0 Å². The van der Waals surface area contributed by atoms with Crippen molar-refractivity contribution in [1.82, 2.24) is 9.97 Å². The lowest BCUT2D eigenvalue weighted by Gasteiger charge is -2.10. The summed E-state index contributed by atoms with van der Waals surface area (Å²) < 4.78 is 6.10. The first-order valence-corrected chi connectivity index (χ1v) is 7.11. The second-order valence-corrected chi connectivity index (χ2v) is 5.04. The average molecular weight is 337 g/mol. The van der Waals surface area contributed by atoms with Crippen LogP contribution in [0.4, 0.5) is 17.3 Å². The SMILES string of the molecule is CCNc1cc(Nc2ccc(OC)c(Br)c2)nc(C)n1. The van der Waals surface area contributed by atoms with Gasteiger partial charge in [-0.05, 0) is 48.0 Å². The number of methoxy groups -OCH3 is 1. The fraction of sp³-hybridized carbons (Fsp3) is 0.286. The summed E-state index contributed by atoms with van der Waals surface area (Å²) in [5, 5.41) is 6.44. The average Bonchev–Trinajstić information content (AvgIpc) is 2.38. The zero-order valence-corrected chi connectivity index (χ0v) is 13.3. The number of anilines is 3. The van der Waals surface area contributed by atoms with Gasteiger partial charge in [0.25, 0.3) is 0 Å². The number of aromatic nitrogens is 2. The molecule has 0 saturated heterocycles. The van der Waals surface area contributed by atoms with Crippen LogP contribution < -0.4 is 15.4 Å². The molecule has 0 saturated carbocycles. The third kappa shape index (κ3) is 3.60. The predicted octanol–water partition coefficient (Wildman–Crippen LogP) is 3.73. The van der Waals surface area contributed by atoms with E-state index in [1.165, 1.54) is 0 Å². The van der Waals surface area contributed by atoms with Crippen LogP contribution in [0.15, 0.2) is 28.7 Å². The summed E-state index contributed by atoms with van der Waals surface area (Å²) >= 11 is 3.46. The van der Waals surface area contributed by atoms with Gasteiger partial charge in [-0.3, -0.25) is 0 Å². The molecule has 0 bridgehead atoms. The number of rotatable bonds is 5. The van der Waals surface area contributed by atoms with Crippen LogP contribution in [0.5, 0.6) is 5.75 Å². The summed E-state index contributed by atoms with van der Waals surface area (Å²) in [6.45, 7) is 4.73. The Kier molecular flexibility index (Phi) is 4.79. The monoisotopic (exact) mass is 336 g/mol. The van der Waals surface area contributed by atoms with Crippen molar-refractivity contribution in [2.75, 3.05) is 24.3 Å². The first-order valence-electron chi connectivity index (χ1n) is 6.32. The highest BCUT2D eigenvalue weighted by molar-refractivity contribution is 9.10. The third-order valence-corrected chi connectivity index (χ3v) is 3.24. The summed E-state index contributed by atoms with van der Waals surface area (Å²) in [4.78, 5) is 8.69. The van der Waals surface area contributed by atoms with Gasteiger partial charge in [0.2, 0.25) is 0 Å². The molecule has 6 heteroatoms. The van der Waals surface area contributed by atoms with Crippen molar-refractivity contribution in [3.63, 3.8) is 0 Å². The standard InChI is InChI=1S/C14H17BrN4O/c1-4-16-13-8-14(18-9(2)17-13)19-10-5-6-12(20-3)11(15)7-10/h5-8H,4H2,1-3H3,(H2,16,17,18,19). The molecule has 0 amide bonds. The Bertz CT molecular complexity index is 604. The first-order chi connectivity index (χ1) is 9.62. The maximum absolute atomic E-state index is 5.21. The number of hydrogen-bond donors (Lipinski definition) is 2. The molecule has 2 aromatic rings. The summed E-state index contributed by atoms with van der Waals surface area (Å²) in [5.41, 5.74) is 0.929. The molecule has 0 unspecified atom stereocenters. The summed E-state index contributed by atoms with van der Waals surface area (Å²) in [6, 6.07) is 7.66. The molecular weight excluding hydrogens is 320 g/mol. The summed E-state index contributed by atoms with van der Waals surface area (Å²) in [6.07, 6.45) is 0. The molecule has 1 aromatic carbocycles. The Morgan fingerprint density at radius 2 is 1.95 bits per heavy atom. The Labute approximate surface area is 126 Å². The van der Waals surface area contributed by atoms with Gasteiger partial charge < -0.3 is 15.4 Å². The van der Waals surface area contributed by atoms with Gasteiger partial charge in [-0.15, -0.1) is 0 Å². The van der Waals surface area contributed by atoms with Crippen molar-refractivity contribution in [2.45, 2.75) is 13.8 Å². The van der Waals surface area contributed by atoms with E-state index in [-0.39, 0.29) is 0 Å². The lowest BCUT2D eigenvalue weighted by Crippen LogP contribution is -2.04. The van der Waals surface area contributed by atoms with Gasteiger partial charge in [0.1, 0.15) is 23.2 Å². The minimum Gasteiger partial charge on any atom is -0.496 e. The van der Waals surface area contributed by atoms with Crippen LogP contribution in [0, 0.1) is 6.92 Å². The van der Waals surface area contributed by atoms with Gasteiger partial charge in [-0.1, -0.05) is 0 Å². The minimum atomic E-state index is 0.721. The van der Waals surface area contributed by atoms with Crippen molar-refractivity contribution in [3.8, 4) is 5.75 Å². The lowest BCUT2D eigenvalue weighted by molar-refractivity contribution is 0.412. The van der Waals surface area contributed by atoms with E-state index in [4.69, 9.17) is 4.74 Å². The molecule has 0 aliphatic heterocycles. The van der Waals surface area contributed by atoms with E-state index in [0.717, 1.165) is 39.9 Å². The minimum absolute atomic E-state index is 0.721. The van der Waals surface area contributed by atoms with Crippen LogP contribution in [0.3, 0.4) is 0 Å². The van der Waals surface area contributed by atoms with Crippen LogP contribution in [0.25, 0.3) is 0 Å². The van der Waals surface area contributed by atoms with E-state index in [1.807, 2.05) is 38.1 Å². The smallest absolute Gasteiger partial charge is 0.136 e. The van der Waals surface area contributed by atoms with Crippen molar-refractivity contribution in [2.24, 2.45) is 0 Å². The van der Waals surface area contributed by atoms with Crippen LogP contribution in [-0.2, 0) is 0 Å². The Hall–Kier alpha value is -1.82. The van der Waals surface area contributed by atoms with Crippen molar-refractivity contribution >= 4 is 33.3 Å².